The zero-order valence-corrected chi connectivity index (χ0v) is 16.5. The van der Waals surface area contributed by atoms with Crippen molar-refractivity contribution in [3.8, 4) is 0 Å². The lowest BCUT2D eigenvalue weighted by molar-refractivity contribution is 0.0802. The van der Waals surface area contributed by atoms with Gasteiger partial charge in [-0.1, -0.05) is 49.6 Å². The fraction of sp³-hybridized carbons (Fsp3) is 0.333. The second kappa shape index (κ2) is 7.05. The summed E-state index contributed by atoms with van der Waals surface area (Å²) < 4.78 is 28.5. The molecule has 28 heavy (non-hydrogen) atoms. The summed E-state index contributed by atoms with van der Waals surface area (Å²) in [4.78, 5) is 26.4. The number of nitrogens with zero attached hydrogens (tertiary/aromatic N) is 2. The number of carbonyl (C=O) groups is 1. The molecule has 1 aromatic heterocycles. The maximum atomic E-state index is 13.3. The lowest BCUT2D eigenvalue weighted by Gasteiger charge is -2.20. The number of rotatable bonds is 3. The number of hydrogen-bond acceptors (Lipinski definition) is 4. The normalized spacial score (nSPS) is 15.8. The van der Waals surface area contributed by atoms with Gasteiger partial charge in [0, 0.05) is 5.92 Å². The van der Waals surface area contributed by atoms with Crippen LogP contribution in [0.2, 0.25) is 0 Å². The zero-order chi connectivity index (χ0) is 19.9. The van der Waals surface area contributed by atoms with Gasteiger partial charge in [0.1, 0.15) is 0 Å². The molecule has 0 unspecified atom stereocenters. The predicted molar refractivity (Wildman–Crippen MR) is 107 cm³/mol. The van der Waals surface area contributed by atoms with Gasteiger partial charge in [0.15, 0.2) is 0 Å². The van der Waals surface area contributed by atoms with Gasteiger partial charge in [0.05, 0.1) is 15.9 Å². The summed E-state index contributed by atoms with van der Waals surface area (Å²) in [6, 6.07) is 13.1. The molecule has 0 amide bonds. The summed E-state index contributed by atoms with van der Waals surface area (Å²) in [5.74, 6) is -0.550. The van der Waals surface area contributed by atoms with Crippen molar-refractivity contribution in [2.24, 2.45) is 5.92 Å². The monoisotopic (exact) mass is 398 g/mol. The molecule has 2 aromatic carbocycles. The average molecular weight is 398 g/mol. The maximum Gasteiger partial charge on any atom is 0.350 e. The molecule has 1 aliphatic carbocycles. The lowest BCUT2D eigenvalue weighted by Crippen LogP contribution is -2.36. The molecule has 4 rings (SSSR count). The molecular weight excluding hydrogens is 376 g/mol. The van der Waals surface area contributed by atoms with Gasteiger partial charge in [-0.25, -0.2) is 17.8 Å². The number of benzene rings is 2. The van der Waals surface area contributed by atoms with Gasteiger partial charge in [0.2, 0.25) is 5.91 Å². The first-order chi connectivity index (χ1) is 13.4. The van der Waals surface area contributed by atoms with Crippen molar-refractivity contribution in [2.75, 3.05) is 0 Å². The Morgan fingerprint density at radius 1 is 0.929 bits per heavy atom. The van der Waals surface area contributed by atoms with E-state index in [1.807, 2.05) is 0 Å². The highest BCUT2D eigenvalue weighted by molar-refractivity contribution is 7.90. The molecule has 6 nitrogen and oxygen atoms in total. The van der Waals surface area contributed by atoms with E-state index in [9.17, 15) is 18.0 Å². The SMILES string of the molecule is Cc1ccccc1S(=O)(=O)n1c(=O)n(C(=O)C2CCCCC2)c2ccccc21. The molecule has 1 saturated carbocycles. The summed E-state index contributed by atoms with van der Waals surface area (Å²) in [7, 11) is -4.14. The van der Waals surface area contributed by atoms with Gasteiger partial charge in [-0.2, -0.15) is 3.97 Å². The number of imidazole rings is 1. The minimum atomic E-state index is -4.14. The van der Waals surface area contributed by atoms with E-state index in [-0.39, 0.29) is 22.2 Å². The van der Waals surface area contributed by atoms with Gasteiger partial charge >= 0.3 is 5.69 Å². The summed E-state index contributed by atoms with van der Waals surface area (Å²) in [6.45, 7) is 1.68. The van der Waals surface area contributed by atoms with Crippen LogP contribution in [-0.4, -0.2) is 22.9 Å². The van der Waals surface area contributed by atoms with E-state index >= 15 is 0 Å². The Balaban J connectivity index is 1.96. The van der Waals surface area contributed by atoms with Crippen LogP contribution in [0.15, 0.2) is 58.2 Å². The second-order valence-electron chi connectivity index (χ2n) is 7.31. The minimum Gasteiger partial charge on any atom is -0.274 e. The van der Waals surface area contributed by atoms with E-state index in [1.165, 1.54) is 6.07 Å². The van der Waals surface area contributed by atoms with Gasteiger partial charge in [-0.3, -0.25) is 4.79 Å². The molecule has 0 N–H and O–H groups in total. The molecule has 0 radical (unpaired) electrons. The molecule has 0 bridgehead atoms. The molecule has 7 heteroatoms. The van der Waals surface area contributed by atoms with Crippen LogP contribution < -0.4 is 5.69 Å². The Labute approximate surface area is 163 Å². The van der Waals surface area contributed by atoms with Crippen molar-refractivity contribution < 1.29 is 13.2 Å². The summed E-state index contributed by atoms with van der Waals surface area (Å²) >= 11 is 0. The lowest BCUT2D eigenvalue weighted by atomic mass is 9.88. The largest absolute Gasteiger partial charge is 0.350 e. The fourth-order valence-corrected chi connectivity index (χ4v) is 5.67. The van der Waals surface area contributed by atoms with Crippen molar-refractivity contribution in [1.29, 1.82) is 0 Å². The standard InChI is InChI=1S/C21H22N2O4S/c1-15-9-5-8-14-19(15)28(26,27)23-18-13-7-6-12-17(18)22(21(23)25)20(24)16-10-3-2-4-11-16/h5-9,12-14,16H,2-4,10-11H2,1H3. The van der Waals surface area contributed by atoms with E-state index in [0.717, 1.165) is 40.6 Å². The Bertz CT molecular complexity index is 1210. The Morgan fingerprint density at radius 2 is 1.54 bits per heavy atom. The number of hydrogen-bond donors (Lipinski definition) is 0. The number of fused-ring (bicyclic) bond motifs is 1. The molecule has 0 saturated heterocycles. The smallest absolute Gasteiger partial charge is 0.274 e. The van der Waals surface area contributed by atoms with E-state index in [0.29, 0.717) is 11.1 Å². The first-order valence-electron chi connectivity index (χ1n) is 9.51. The minimum absolute atomic E-state index is 0.0603. The van der Waals surface area contributed by atoms with Crippen molar-refractivity contribution in [3.05, 3.63) is 64.6 Å². The van der Waals surface area contributed by atoms with Crippen LogP contribution in [0, 0.1) is 12.8 Å². The van der Waals surface area contributed by atoms with Crippen LogP contribution in [0.4, 0.5) is 0 Å². The first kappa shape index (κ1) is 18.7. The topological polar surface area (TPSA) is 78.1 Å². The summed E-state index contributed by atoms with van der Waals surface area (Å²) in [5, 5.41) is 0. The average Bonchev–Trinajstić information content (AvgIpc) is 3.00. The van der Waals surface area contributed by atoms with E-state index < -0.39 is 15.7 Å². The number of carbonyl (C=O) groups excluding carboxylic acids is 1. The maximum absolute atomic E-state index is 13.3. The first-order valence-corrected chi connectivity index (χ1v) is 10.9. The molecule has 1 fully saturated rings. The van der Waals surface area contributed by atoms with Crippen LogP contribution in [-0.2, 0) is 10.0 Å². The van der Waals surface area contributed by atoms with Gasteiger partial charge in [-0.15, -0.1) is 0 Å². The highest BCUT2D eigenvalue weighted by atomic mass is 32.2. The second-order valence-corrected chi connectivity index (χ2v) is 9.07. The molecule has 1 heterocycles. The quantitative estimate of drug-likeness (QED) is 0.676. The van der Waals surface area contributed by atoms with Crippen LogP contribution in [0.1, 0.15) is 42.5 Å². The highest BCUT2D eigenvalue weighted by Gasteiger charge is 2.31. The highest BCUT2D eigenvalue weighted by Crippen LogP contribution is 2.27. The van der Waals surface area contributed by atoms with E-state index in [4.69, 9.17) is 0 Å². The van der Waals surface area contributed by atoms with Gasteiger partial charge < -0.3 is 0 Å². The van der Waals surface area contributed by atoms with Crippen molar-refractivity contribution in [2.45, 2.75) is 43.9 Å². The molecular formula is C21H22N2O4S. The number of aromatic nitrogens is 2. The van der Waals surface area contributed by atoms with Gasteiger partial charge in [0.25, 0.3) is 10.0 Å². The molecule has 0 atom stereocenters. The third kappa shape index (κ3) is 2.90. The third-order valence-electron chi connectivity index (χ3n) is 5.49. The molecule has 146 valence electrons. The van der Waals surface area contributed by atoms with E-state index in [1.54, 1.807) is 49.4 Å². The van der Waals surface area contributed by atoms with E-state index in [2.05, 4.69) is 0 Å². The van der Waals surface area contributed by atoms with Crippen LogP contribution in [0.5, 0.6) is 0 Å². The summed E-state index contributed by atoms with van der Waals surface area (Å²) in [5.41, 5.74) is 0.282. The fourth-order valence-electron chi connectivity index (χ4n) is 4.04. The summed E-state index contributed by atoms with van der Waals surface area (Å²) in [6.07, 6.45) is 4.45. The predicted octanol–water partition coefficient (Wildman–Crippen LogP) is 3.57. The Kier molecular flexibility index (Phi) is 4.71. The van der Waals surface area contributed by atoms with Gasteiger partial charge in [-0.05, 0) is 43.5 Å². The Morgan fingerprint density at radius 3 is 2.21 bits per heavy atom. The molecule has 0 spiro atoms. The van der Waals surface area contributed by atoms with Crippen LogP contribution >= 0.6 is 0 Å². The Hall–Kier alpha value is -2.67. The van der Waals surface area contributed by atoms with Crippen LogP contribution in [0.3, 0.4) is 0 Å². The van der Waals surface area contributed by atoms with Crippen molar-refractivity contribution >= 4 is 27.0 Å². The third-order valence-corrected chi connectivity index (χ3v) is 7.34. The molecule has 1 aliphatic rings. The zero-order valence-electron chi connectivity index (χ0n) is 15.7. The number of para-hydroxylation sites is 2. The van der Waals surface area contributed by atoms with Crippen LogP contribution in [0.25, 0.3) is 11.0 Å². The van der Waals surface area contributed by atoms with Crippen molar-refractivity contribution in [3.63, 3.8) is 0 Å². The van der Waals surface area contributed by atoms with Crippen molar-refractivity contribution in [1.82, 2.24) is 8.54 Å². The molecule has 0 aliphatic heterocycles. The number of aryl methyl sites for hydroxylation is 1. The molecule has 3 aromatic rings.